The van der Waals surface area contributed by atoms with E-state index in [2.05, 4.69) is 86.6 Å². The summed E-state index contributed by atoms with van der Waals surface area (Å²) in [7, 11) is 0. The summed E-state index contributed by atoms with van der Waals surface area (Å²) < 4.78 is 0. The van der Waals surface area contributed by atoms with E-state index in [1.807, 2.05) is 20.0 Å². The summed E-state index contributed by atoms with van der Waals surface area (Å²) >= 11 is 0. The topological polar surface area (TPSA) is 36.7 Å². The molecule has 4 aromatic carbocycles. The minimum Gasteiger partial charge on any atom is -0.304 e. The van der Waals surface area contributed by atoms with Gasteiger partial charge in [0.2, 0.25) is 0 Å². The molecule has 33 heavy (non-hydrogen) atoms. The Bertz CT molecular complexity index is 1530. The van der Waals surface area contributed by atoms with Gasteiger partial charge >= 0.3 is 0 Å². The maximum Gasteiger partial charge on any atom is 0.0997 e. The van der Waals surface area contributed by atoms with E-state index >= 15 is 0 Å². The van der Waals surface area contributed by atoms with Crippen LogP contribution >= 0.6 is 0 Å². The van der Waals surface area contributed by atoms with Crippen molar-refractivity contribution in [2.24, 2.45) is 0 Å². The van der Waals surface area contributed by atoms with Crippen LogP contribution in [0.4, 0.5) is 0 Å². The van der Waals surface area contributed by atoms with Gasteiger partial charge in [0.15, 0.2) is 0 Å². The van der Waals surface area contributed by atoms with Crippen LogP contribution in [0.25, 0.3) is 43.9 Å². The standard InChI is InChI=1S/C30H23N2.Ir/c1-18-11-19(2)13-25(12-18)30-28-8-6-23-16-22(5-7-26(23)27(28)9-10-32-30)24-14-20(3)29(17-31)21(4)15-24;/h5-12,14-16H,1-4H3;/q-1;. The molecule has 5 aromatic rings. The molecule has 0 aliphatic heterocycles. The maximum absolute atomic E-state index is 9.38. The quantitative estimate of drug-likeness (QED) is 0.154. The average Bonchev–Trinajstić information content (AvgIpc) is 2.77. The fourth-order valence-corrected chi connectivity index (χ4v) is 4.72. The van der Waals surface area contributed by atoms with Gasteiger partial charge in [-0.05, 0) is 75.5 Å². The molecule has 0 N–H and O–H groups in total. The monoisotopic (exact) mass is 604 g/mol. The van der Waals surface area contributed by atoms with Gasteiger partial charge in [-0.2, -0.15) is 5.26 Å². The molecule has 3 heteroatoms. The van der Waals surface area contributed by atoms with Gasteiger partial charge in [0.25, 0.3) is 0 Å². The van der Waals surface area contributed by atoms with Crippen LogP contribution in [0, 0.1) is 45.1 Å². The number of rotatable bonds is 2. The molecule has 0 saturated heterocycles. The Balaban J connectivity index is 0.00000259. The van der Waals surface area contributed by atoms with Crippen molar-refractivity contribution < 1.29 is 20.1 Å². The van der Waals surface area contributed by atoms with Crippen LogP contribution in [-0.4, -0.2) is 4.98 Å². The van der Waals surface area contributed by atoms with E-state index in [1.54, 1.807) is 0 Å². The number of hydrogen-bond acceptors (Lipinski definition) is 2. The number of fused-ring (bicyclic) bond motifs is 3. The molecule has 163 valence electrons. The molecule has 1 aromatic heterocycles. The first-order valence-electron chi connectivity index (χ1n) is 10.8. The van der Waals surface area contributed by atoms with E-state index in [1.165, 1.54) is 21.7 Å². The van der Waals surface area contributed by atoms with Crippen LogP contribution in [-0.2, 0) is 20.1 Å². The van der Waals surface area contributed by atoms with Gasteiger partial charge in [-0.1, -0.05) is 50.2 Å². The molecule has 1 radical (unpaired) electrons. The van der Waals surface area contributed by atoms with Crippen LogP contribution < -0.4 is 0 Å². The van der Waals surface area contributed by atoms with Crippen molar-refractivity contribution in [2.75, 3.05) is 0 Å². The van der Waals surface area contributed by atoms with Crippen molar-refractivity contribution >= 4 is 21.5 Å². The van der Waals surface area contributed by atoms with Gasteiger partial charge < -0.3 is 4.98 Å². The molecule has 0 spiro atoms. The van der Waals surface area contributed by atoms with Gasteiger partial charge in [0, 0.05) is 26.3 Å². The normalized spacial score (nSPS) is 10.8. The van der Waals surface area contributed by atoms with E-state index in [0.29, 0.717) is 0 Å². The number of nitriles is 1. The molecule has 1 heterocycles. The van der Waals surface area contributed by atoms with Gasteiger partial charge in [0.05, 0.1) is 11.6 Å². The molecule has 5 rings (SSSR count). The van der Waals surface area contributed by atoms with Crippen molar-refractivity contribution in [2.45, 2.75) is 27.7 Å². The molecule has 0 unspecified atom stereocenters. The third-order valence-electron chi connectivity index (χ3n) is 6.14. The summed E-state index contributed by atoms with van der Waals surface area (Å²) in [6.45, 7) is 8.19. The van der Waals surface area contributed by atoms with Gasteiger partial charge in [0.1, 0.15) is 0 Å². The third kappa shape index (κ3) is 4.09. The molecular formula is C30H23IrN2-. The Morgan fingerprint density at radius 3 is 2.18 bits per heavy atom. The van der Waals surface area contributed by atoms with E-state index in [-0.39, 0.29) is 20.1 Å². The summed E-state index contributed by atoms with van der Waals surface area (Å²) in [5, 5.41) is 14.1. The number of nitrogens with zero attached hydrogens (tertiary/aromatic N) is 2. The molecular weight excluding hydrogens is 581 g/mol. The molecule has 2 nitrogen and oxygen atoms in total. The first-order chi connectivity index (χ1) is 15.4. The second-order valence-corrected chi connectivity index (χ2v) is 8.61. The van der Waals surface area contributed by atoms with Gasteiger partial charge in [-0.25, -0.2) is 0 Å². The second-order valence-electron chi connectivity index (χ2n) is 8.61. The molecule has 0 saturated carbocycles. The molecule has 0 atom stereocenters. The van der Waals surface area contributed by atoms with Gasteiger partial charge in [-0.3, -0.25) is 0 Å². The Morgan fingerprint density at radius 2 is 1.48 bits per heavy atom. The van der Waals surface area contributed by atoms with Crippen molar-refractivity contribution in [1.29, 1.82) is 5.26 Å². The Kier molecular flexibility index (Phi) is 6.17. The van der Waals surface area contributed by atoms with Crippen molar-refractivity contribution in [3.63, 3.8) is 0 Å². The van der Waals surface area contributed by atoms with Crippen LogP contribution in [0.5, 0.6) is 0 Å². The maximum atomic E-state index is 9.38. The average molecular weight is 604 g/mol. The largest absolute Gasteiger partial charge is 0.304 e. The number of benzene rings is 4. The van der Waals surface area contributed by atoms with Crippen LogP contribution in [0.15, 0.2) is 66.9 Å². The van der Waals surface area contributed by atoms with Crippen LogP contribution in [0.1, 0.15) is 27.8 Å². The first-order valence-corrected chi connectivity index (χ1v) is 10.8. The number of aromatic nitrogens is 1. The third-order valence-corrected chi connectivity index (χ3v) is 6.14. The van der Waals surface area contributed by atoms with E-state index in [9.17, 15) is 5.26 Å². The predicted molar refractivity (Wildman–Crippen MR) is 133 cm³/mol. The summed E-state index contributed by atoms with van der Waals surface area (Å²) in [5.41, 5.74) is 9.44. The first kappa shape index (κ1) is 22.9. The fraction of sp³-hybridized carbons (Fsp3) is 0.133. The zero-order valence-electron chi connectivity index (χ0n) is 19.1. The molecule has 0 aliphatic rings. The molecule has 0 amide bonds. The minimum absolute atomic E-state index is 0. The molecule has 0 fully saturated rings. The van der Waals surface area contributed by atoms with E-state index in [4.69, 9.17) is 4.98 Å². The van der Waals surface area contributed by atoms with Crippen molar-refractivity contribution in [3.8, 4) is 28.5 Å². The van der Waals surface area contributed by atoms with E-state index in [0.717, 1.165) is 50.0 Å². The van der Waals surface area contributed by atoms with Crippen molar-refractivity contribution in [3.05, 3.63) is 101 Å². The Labute approximate surface area is 208 Å². The summed E-state index contributed by atoms with van der Waals surface area (Å²) in [5.74, 6) is 0. The van der Waals surface area contributed by atoms with E-state index < -0.39 is 0 Å². The predicted octanol–water partition coefficient (Wildman–Crippen LogP) is 7.63. The summed E-state index contributed by atoms with van der Waals surface area (Å²) in [6, 6.07) is 27.3. The zero-order valence-corrected chi connectivity index (χ0v) is 21.5. The second kappa shape index (κ2) is 8.91. The SMILES string of the molecule is Cc1[c-]c(-c2nccc3c2ccc2cc(-c4cc(C)c(C#N)c(C)c4)ccc23)cc(C)c1.[Ir]. The summed E-state index contributed by atoms with van der Waals surface area (Å²) in [4.78, 5) is 4.71. The number of hydrogen-bond donors (Lipinski definition) is 0. The Hall–Kier alpha value is -3.31. The molecule has 0 bridgehead atoms. The molecule has 0 aliphatic carbocycles. The Morgan fingerprint density at radius 1 is 0.758 bits per heavy atom. The van der Waals surface area contributed by atoms with Gasteiger partial charge in [-0.15, -0.1) is 34.9 Å². The minimum atomic E-state index is 0. The zero-order chi connectivity index (χ0) is 22.4. The smallest absolute Gasteiger partial charge is 0.0997 e. The van der Waals surface area contributed by atoms with Crippen molar-refractivity contribution in [1.82, 2.24) is 4.98 Å². The number of pyridine rings is 1. The summed E-state index contributed by atoms with van der Waals surface area (Å²) in [6.07, 6.45) is 1.89. The fourth-order valence-electron chi connectivity index (χ4n) is 4.72. The van der Waals surface area contributed by atoms with Crippen LogP contribution in [0.3, 0.4) is 0 Å². The van der Waals surface area contributed by atoms with Crippen LogP contribution in [0.2, 0.25) is 0 Å². The number of aryl methyl sites for hydroxylation is 4.